The van der Waals surface area contributed by atoms with Gasteiger partial charge >= 0.3 is 0 Å². The van der Waals surface area contributed by atoms with Gasteiger partial charge in [0.1, 0.15) is 6.04 Å². The molecule has 1 atom stereocenters. The maximum atomic E-state index is 13.8. The Labute approximate surface area is 194 Å². The van der Waals surface area contributed by atoms with Crippen molar-refractivity contribution in [1.29, 1.82) is 5.26 Å². The topological polar surface area (TPSA) is 81.5 Å². The van der Waals surface area contributed by atoms with Crippen molar-refractivity contribution in [3.8, 4) is 6.07 Å². The van der Waals surface area contributed by atoms with Gasteiger partial charge in [0.2, 0.25) is 11.8 Å². The number of nitrogens with zero attached hydrogens (tertiary/aromatic N) is 3. The van der Waals surface area contributed by atoms with Crippen molar-refractivity contribution in [2.75, 3.05) is 4.90 Å². The summed E-state index contributed by atoms with van der Waals surface area (Å²) in [5, 5.41) is 9.03. The van der Waals surface area contributed by atoms with Crippen LogP contribution in [0.2, 0.25) is 0 Å². The van der Waals surface area contributed by atoms with E-state index < -0.39 is 11.9 Å². The first-order chi connectivity index (χ1) is 15.5. The van der Waals surface area contributed by atoms with Crippen LogP contribution in [0.4, 0.5) is 5.69 Å². The number of carbonyl (C=O) groups is 3. The van der Waals surface area contributed by atoms with Gasteiger partial charge in [-0.25, -0.2) is 4.90 Å². The Kier molecular flexibility index (Phi) is 5.40. The number of imide groups is 1. The molecule has 0 aromatic heterocycles. The van der Waals surface area contributed by atoms with Gasteiger partial charge in [0.15, 0.2) is 0 Å². The zero-order chi connectivity index (χ0) is 24.1. The predicted octanol–water partition coefficient (Wildman–Crippen LogP) is 4.21. The summed E-state index contributed by atoms with van der Waals surface area (Å²) in [6.45, 7) is 10.6. The highest BCUT2D eigenvalue weighted by molar-refractivity contribution is 6.23. The van der Waals surface area contributed by atoms with Crippen LogP contribution in [-0.2, 0) is 20.9 Å². The highest BCUT2D eigenvalue weighted by Crippen LogP contribution is 2.69. The second-order valence-corrected chi connectivity index (χ2v) is 10.3. The molecule has 0 bridgehead atoms. The van der Waals surface area contributed by atoms with E-state index in [4.69, 9.17) is 5.26 Å². The lowest BCUT2D eigenvalue weighted by Crippen LogP contribution is -2.46. The van der Waals surface area contributed by atoms with Crippen molar-refractivity contribution >= 4 is 23.4 Å². The second kappa shape index (κ2) is 7.84. The van der Waals surface area contributed by atoms with Crippen molar-refractivity contribution in [1.82, 2.24) is 4.90 Å². The Hall–Kier alpha value is -3.46. The number of rotatable bonds is 5. The molecule has 6 heteroatoms. The number of anilines is 1. The summed E-state index contributed by atoms with van der Waals surface area (Å²) < 4.78 is 0. The fourth-order valence-electron chi connectivity index (χ4n) is 5.03. The van der Waals surface area contributed by atoms with Crippen LogP contribution in [0.25, 0.3) is 0 Å². The molecule has 2 aromatic rings. The third-order valence-electron chi connectivity index (χ3n) is 7.78. The van der Waals surface area contributed by atoms with Crippen LogP contribution in [0.3, 0.4) is 0 Å². The third kappa shape index (κ3) is 3.72. The van der Waals surface area contributed by atoms with Crippen LogP contribution >= 0.6 is 0 Å². The van der Waals surface area contributed by atoms with E-state index in [-0.39, 0.29) is 41.5 Å². The van der Waals surface area contributed by atoms with E-state index in [2.05, 4.69) is 27.7 Å². The van der Waals surface area contributed by atoms with Crippen LogP contribution in [0.15, 0.2) is 48.5 Å². The number of carbonyl (C=O) groups excluding carboxylic acids is 3. The van der Waals surface area contributed by atoms with E-state index in [9.17, 15) is 14.4 Å². The summed E-state index contributed by atoms with van der Waals surface area (Å²) in [7, 11) is 0. The largest absolute Gasteiger partial charge is 0.325 e. The molecule has 1 aliphatic heterocycles. The molecule has 0 spiro atoms. The first-order valence-electron chi connectivity index (χ1n) is 11.2. The highest BCUT2D eigenvalue weighted by atomic mass is 16.2. The van der Waals surface area contributed by atoms with Crippen molar-refractivity contribution in [2.24, 2.45) is 16.7 Å². The molecular formula is C27H29N3O3. The van der Waals surface area contributed by atoms with E-state index >= 15 is 0 Å². The van der Waals surface area contributed by atoms with Gasteiger partial charge in [0.05, 0.1) is 23.7 Å². The van der Waals surface area contributed by atoms with Crippen molar-refractivity contribution in [2.45, 2.75) is 53.6 Å². The summed E-state index contributed by atoms with van der Waals surface area (Å²) in [6, 6.07) is 15.4. The van der Waals surface area contributed by atoms with Crippen LogP contribution < -0.4 is 4.90 Å². The van der Waals surface area contributed by atoms with E-state index in [1.54, 1.807) is 29.2 Å². The number of hydrogen-bond donors (Lipinski definition) is 0. The standard InChI is InChI=1S/C27H29N3O3/c1-17-6-8-19(9-7-17)16-29(25(33)23-26(2,3)27(23,4)5)21-14-22(31)30(24(21)32)20-12-10-18(15-28)11-13-20/h6-13,21,23H,14,16H2,1-5H3. The second-order valence-electron chi connectivity index (χ2n) is 10.3. The predicted molar refractivity (Wildman–Crippen MR) is 125 cm³/mol. The zero-order valence-corrected chi connectivity index (χ0v) is 19.8. The number of hydrogen-bond acceptors (Lipinski definition) is 4. The molecule has 4 rings (SSSR count). The average molecular weight is 444 g/mol. The average Bonchev–Trinajstić information content (AvgIpc) is 3.01. The van der Waals surface area contributed by atoms with Gasteiger partial charge in [-0.3, -0.25) is 14.4 Å². The Morgan fingerprint density at radius 1 is 1.03 bits per heavy atom. The van der Waals surface area contributed by atoms with Crippen LogP contribution in [0.5, 0.6) is 0 Å². The number of amides is 3. The normalized spacial score (nSPS) is 21.1. The molecule has 0 radical (unpaired) electrons. The fraction of sp³-hybridized carbons (Fsp3) is 0.407. The van der Waals surface area contributed by atoms with Gasteiger partial charge in [-0.05, 0) is 47.6 Å². The molecule has 1 aliphatic carbocycles. The molecule has 3 amide bonds. The third-order valence-corrected chi connectivity index (χ3v) is 7.78. The van der Waals surface area contributed by atoms with Crippen LogP contribution in [0, 0.1) is 35.0 Å². The van der Waals surface area contributed by atoms with Gasteiger partial charge < -0.3 is 4.90 Å². The summed E-state index contributed by atoms with van der Waals surface area (Å²) in [4.78, 5) is 42.9. The van der Waals surface area contributed by atoms with Crippen LogP contribution in [-0.4, -0.2) is 28.7 Å². The Balaban J connectivity index is 1.67. The van der Waals surface area contributed by atoms with Crippen molar-refractivity contribution in [3.63, 3.8) is 0 Å². The SMILES string of the molecule is Cc1ccc(CN(C(=O)C2C(C)(C)C2(C)C)C2CC(=O)N(c3ccc(C#N)cc3)C2=O)cc1. The smallest absolute Gasteiger partial charge is 0.257 e. The number of aryl methyl sites for hydroxylation is 1. The van der Waals surface area contributed by atoms with Gasteiger partial charge in [-0.15, -0.1) is 0 Å². The van der Waals surface area contributed by atoms with Gasteiger partial charge in [-0.2, -0.15) is 5.26 Å². The number of nitriles is 1. The molecule has 2 fully saturated rings. The molecule has 1 saturated heterocycles. The summed E-state index contributed by atoms with van der Waals surface area (Å²) >= 11 is 0. The lowest BCUT2D eigenvalue weighted by molar-refractivity contribution is -0.141. The Morgan fingerprint density at radius 3 is 2.12 bits per heavy atom. The maximum absolute atomic E-state index is 13.8. The number of benzene rings is 2. The lowest BCUT2D eigenvalue weighted by atomic mass is 10.0. The van der Waals surface area contributed by atoms with Crippen molar-refractivity contribution < 1.29 is 14.4 Å². The molecule has 1 heterocycles. The minimum atomic E-state index is -0.853. The molecule has 1 unspecified atom stereocenters. The monoisotopic (exact) mass is 443 g/mol. The summed E-state index contributed by atoms with van der Waals surface area (Å²) in [6.07, 6.45) is -0.0516. The molecule has 33 heavy (non-hydrogen) atoms. The molecule has 6 nitrogen and oxygen atoms in total. The quantitative estimate of drug-likeness (QED) is 0.648. The molecule has 2 aliphatic rings. The van der Waals surface area contributed by atoms with Crippen LogP contribution in [0.1, 0.15) is 50.8 Å². The lowest BCUT2D eigenvalue weighted by Gasteiger charge is -2.29. The fourth-order valence-corrected chi connectivity index (χ4v) is 5.03. The van der Waals surface area contributed by atoms with E-state index in [0.29, 0.717) is 11.3 Å². The van der Waals surface area contributed by atoms with Gasteiger partial charge in [0.25, 0.3) is 5.91 Å². The molecule has 2 aromatic carbocycles. The van der Waals surface area contributed by atoms with Gasteiger partial charge in [0, 0.05) is 12.5 Å². The minimum absolute atomic E-state index is 0.0516. The maximum Gasteiger partial charge on any atom is 0.257 e. The summed E-state index contributed by atoms with van der Waals surface area (Å²) in [5.41, 5.74) is 2.52. The Morgan fingerprint density at radius 2 is 1.61 bits per heavy atom. The molecule has 0 N–H and O–H groups in total. The summed E-state index contributed by atoms with van der Waals surface area (Å²) in [5.74, 6) is -1.05. The molecular weight excluding hydrogens is 414 g/mol. The highest BCUT2D eigenvalue weighted by Gasteiger charge is 2.69. The van der Waals surface area contributed by atoms with Gasteiger partial charge in [-0.1, -0.05) is 57.5 Å². The van der Waals surface area contributed by atoms with E-state index in [1.165, 1.54) is 0 Å². The minimum Gasteiger partial charge on any atom is -0.325 e. The first-order valence-corrected chi connectivity index (χ1v) is 11.2. The van der Waals surface area contributed by atoms with Crippen molar-refractivity contribution in [3.05, 3.63) is 65.2 Å². The first kappa shape index (κ1) is 22.7. The molecule has 170 valence electrons. The van der Waals surface area contributed by atoms with E-state index in [1.807, 2.05) is 37.3 Å². The molecule has 1 saturated carbocycles. The van der Waals surface area contributed by atoms with E-state index in [0.717, 1.165) is 16.0 Å². The Bertz CT molecular complexity index is 1140. The zero-order valence-electron chi connectivity index (χ0n) is 19.8.